The molecule has 0 spiro atoms. The van der Waals surface area contributed by atoms with Gasteiger partial charge in [0.25, 0.3) is 5.91 Å². The van der Waals surface area contributed by atoms with E-state index in [9.17, 15) is 18.4 Å². The Morgan fingerprint density at radius 2 is 2.00 bits per heavy atom. The fourth-order valence-corrected chi connectivity index (χ4v) is 1.72. The van der Waals surface area contributed by atoms with Crippen LogP contribution in [0.5, 0.6) is 0 Å². The van der Waals surface area contributed by atoms with Crippen LogP contribution in [0.15, 0.2) is 41.0 Å². The maximum Gasteiger partial charge on any atom is 0.252 e. The first-order chi connectivity index (χ1) is 10.5. The molecule has 1 aromatic heterocycles. The highest BCUT2D eigenvalue weighted by atomic mass is 19.2. The third-order valence-electron chi connectivity index (χ3n) is 2.94. The molecule has 1 heterocycles. The van der Waals surface area contributed by atoms with Crippen LogP contribution in [-0.2, 0) is 11.3 Å². The van der Waals surface area contributed by atoms with Gasteiger partial charge in [0.05, 0.1) is 12.8 Å². The monoisotopic (exact) mass is 308 g/mol. The zero-order chi connectivity index (χ0) is 16.1. The molecule has 5 nitrogen and oxygen atoms in total. The van der Waals surface area contributed by atoms with Crippen LogP contribution in [0.1, 0.15) is 23.0 Å². The number of carbonyl (C=O) groups excluding carboxylic acids is 2. The largest absolute Gasteiger partial charge is 0.467 e. The minimum Gasteiger partial charge on any atom is -0.467 e. The fraction of sp³-hybridized carbons (Fsp3) is 0.200. The second-order valence-corrected chi connectivity index (χ2v) is 4.62. The summed E-state index contributed by atoms with van der Waals surface area (Å²) >= 11 is 0. The van der Waals surface area contributed by atoms with Crippen molar-refractivity contribution in [3.8, 4) is 0 Å². The smallest absolute Gasteiger partial charge is 0.252 e. The lowest BCUT2D eigenvalue weighted by molar-refractivity contribution is -0.122. The maximum absolute atomic E-state index is 13.1. The Morgan fingerprint density at radius 3 is 2.64 bits per heavy atom. The van der Waals surface area contributed by atoms with Crippen molar-refractivity contribution in [1.82, 2.24) is 10.6 Å². The molecule has 0 fully saturated rings. The van der Waals surface area contributed by atoms with Crippen LogP contribution in [0.3, 0.4) is 0 Å². The lowest BCUT2D eigenvalue weighted by atomic mass is 10.2. The van der Waals surface area contributed by atoms with Crippen LogP contribution in [0, 0.1) is 11.6 Å². The van der Waals surface area contributed by atoms with Crippen molar-refractivity contribution in [1.29, 1.82) is 0 Å². The van der Waals surface area contributed by atoms with Gasteiger partial charge in [-0.1, -0.05) is 0 Å². The second-order valence-electron chi connectivity index (χ2n) is 4.62. The first-order valence-electron chi connectivity index (χ1n) is 6.53. The number of carbonyl (C=O) groups is 2. The van der Waals surface area contributed by atoms with Gasteiger partial charge in [-0.05, 0) is 37.3 Å². The molecule has 2 amide bonds. The molecule has 2 N–H and O–H groups in total. The van der Waals surface area contributed by atoms with E-state index in [0.29, 0.717) is 5.76 Å². The molecule has 0 aliphatic heterocycles. The Morgan fingerprint density at radius 1 is 1.23 bits per heavy atom. The molecule has 0 aliphatic rings. The van der Waals surface area contributed by atoms with Gasteiger partial charge in [0.2, 0.25) is 5.91 Å². The molecule has 2 aromatic rings. The number of amides is 2. The van der Waals surface area contributed by atoms with Crippen LogP contribution in [-0.4, -0.2) is 17.9 Å². The summed E-state index contributed by atoms with van der Waals surface area (Å²) in [6.45, 7) is 1.67. The summed E-state index contributed by atoms with van der Waals surface area (Å²) in [5.41, 5.74) is -0.0652. The molecular weight excluding hydrogens is 294 g/mol. The van der Waals surface area contributed by atoms with Gasteiger partial charge in [-0.25, -0.2) is 8.78 Å². The lowest BCUT2D eigenvalue weighted by Crippen LogP contribution is -2.44. The van der Waals surface area contributed by atoms with E-state index in [2.05, 4.69) is 10.6 Å². The van der Waals surface area contributed by atoms with Gasteiger partial charge in [0.1, 0.15) is 11.8 Å². The Kier molecular flexibility index (Phi) is 4.88. The normalized spacial score (nSPS) is 11.8. The molecule has 22 heavy (non-hydrogen) atoms. The van der Waals surface area contributed by atoms with Crippen LogP contribution in [0.25, 0.3) is 0 Å². The third kappa shape index (κ3) is 3.91. The SMILES string of the molecule is CC(NC(=O)c1ccc(F)c(F)c1)C(=O)NCc1ccco1. The Hall–Kier alpha value is -2.70. The lowest BCUT2D eigenvalue weighted by Gasteiger charge is -2.13. The van der Waals surface area contributed by atoms with E-state index in [1.165, 1.54) is 13.2 Å². The number of hydrogen-bond acceptors (Lipinski definition) is 3. The molecule has 0 bridgehead atoms. The van der Waals surface area contributed by atoms with Crippen LogP contribution in [0.4, 0.5) is 8.78 Å². The van der Waals surface area contributed by atoms with E-state index in [4.69, 9.17) is 4.42 Å². The zero-order valence-electron chi connectivity index (χ0n) is 11.7. The summed E-state index contributed by atoms with van der Waals surface area (Å²) in [5, 5.41) is 4.98. The molecule has 0 aliphatic carbocycles. The molecule has 0 saturated carbocycles. The summed E-state index contributed by atoms with van der Waals surface area (Å²) in [6.07, 6.45) is 1.48. The summed E-state index contributed by atoms with van der Waals surface area (Å²) in [5.74, 6) is -2.68. The van der Waals surface area contributed by atoms with Crippen LogP contribution < -0.4 is 10.6 Å². The highest BCUT2D eigenvalue weighted by Crippen LogP contribution is 2.08. The van der Waals surface area contributed by atoms with E-state index in [-0.39, 0.29) is 12.1 Å². The molecule has 7 heteroatoms. The van der Waals surface area contributed by atoms with E-state index in [1.807, 2.05) is 0 Å². The average Bonchev–Trinajstić information content (AvgIpc) is 3.00. The maximum atomic E-state index is 13.1. The predicted octanol–water partition coefficient (Wildman–Crippen LogP) is 1.99. The molecule has 1 atom stereocenters. The molecular formula is C15H14F2N2O3. The number of halogens is 2. The van der Waals surface area contributed by atoms with Crippen LogP contribution >= 0.6 is 0 Å². The number of furan rings is 1. The molecule has 1 unspecified atom stereocenters. The highest BCUT2D eigenvalue weighted by molar-refractivity contribution is 5.97. The minimum atomic E-state index is -1.12. The first-order valence-corrected chi connectivity index (χ1v) is 6.53. The number of rotatable bonds is 5. The van der Waals surface area contributed by atoms with E-state index >= 15 is 0 Å². The molecule has 0 saturated heterocycles. The van der Waals surface area contributed by atoms with E-state index < -0.39 is 29.5 Å². The van der Waals surface area contributed by atoms with Gasteiger partial charge in [0.15, 0.2) is 11.6 Å². The fourth-order valence-electron chi connectivity index (χ4n) is 1.72. The first kappa shape index (κ1) is 15.7. The number of benzene rings is 1. The van der Waals surface area contributed by atoms with E-state index in [1.54, 1.807) is 12.1 Å². The van der Waals surface area contributed by atoms with Crippen LogP contribution in [0.2, 0.25) is 0 Å². The summed E-state index contributed by atoms with van der Waals surface area (Å²) in [4.78, 5) is 23.7. The van der Waals surface area contributed by atoms with E-state index in [0.717, 1.165) is 18.2 Å². The van der Waals surface area contributed by atoms with Crippen molar-refractivity contribution in [3.63, 3.8) is 0 Å². The Bertz CT molecular complexity index is 671. The summed E-state index contributed by atoms with van der Waals surface area (Å²) < 4.78 is 30.9. The van der Waals surface area contributed by atoms with Gasteiger partial charge in [-0.2, -0.15) is 0 Å². The third-order valence-corrected chi connectivity index (χ3v) is 2.94. The van der Waals surface area contributed by atoms with Crippen molar-refractivity contribution in [2.75, 3.05) is 0 Å². The van der Waals surface area contributed by atoms with Gasteiger partial charge >= 0.3 is 0 Å². The van der Waals surface area contributed by atoms with Crippen molar-refractivity contribution in [2.45, 2.75) is 19.5 Å². The summed E-state index contributed by atoms with van der Waals surface area (Å²) in [6, 6.07) is 5.32. The molecule has 0 radical (unpaired) electrons. The molecule has 116 valence electrons. The average molecular weight is 308 g/mol. The van der Waals surface area contributed by atoms with Crippen molar-refractivity contribution < 1.29 is 22.8 Å². The van der Waals surface area contributed by atoms with Crippen molar-refractivity contribution in [2.24, 2.45) is 0 Å². The highest BCUT2D eigenvalue weighted by Gasteiger charge is 2.17. The van der Waals surface area contributed by atoms with Gasteiger partial charge < -0.3 is 15.1 Å². The second kappa shape index (κ2) is 6.84. The quantitative estimate of drug-likeness (QED) is 0.887. The minimum absolute atomic E-state index is 0.0652. The molecule has 2 rings (SSSR count). The summed E-state index contributed by atoms with van der Waals surface area (Å²) in [7, 11) is 0. The zero-order valence-corrected chi connectivity index (χ0v) is 11.7. The number of hydrogen-bond donors (Lipinski definition) is 2. The Balaban J connectivity index is 1.89. The van der Waals surface area contributed by atoms with Crippen molar-refractivity contribution in [3.05, 3.63) is 59.6 Å². The number of nitrogens with one attached hydrogen (secondary N) is 2. The van der Waals surface area contributed by atoms with Gasteiger partial charge in [-0.15, -0.1) is 0 Å². The Labute approximate surface area is 125 Å². The topological polar surface area (TPSA) is 71.3 Å². The predicted molar refractivity (Wildman–Crippen MR) is 73.8 cm³/mol. The molecule has 1 aromatic carbocycles. The van der Waals surface area contributed by atoms with Gasteiger partial charge in [0, 0.05) is 5.56 Å². The van der Waals surface area contributed by atoms with Gasteiger partial charge in [-0.3, -0.25) is 9.59 Å². The standard InChI is InChI=1S/C15H14F2N2O3/c1-9(14(20)18-8-11-3-2-6-22-11)19-15(21)10-4-5-12(16)13(17)7-10/h2-7,9H,8H2,1H3,(H,18,20)(H,19,21). The van der Waals surface area contributed by atoms with Crippen molar-refractivity contribution >= 4 is 11.8 Å².